The van der Waals surface area contributed by atoms with Gasteiger partial charge in [-0.15, -0.1) is 0 Å². The van der Waals surface area contributed by atoms with Crippen molar-refractivity contribution in [2.75, 3.05) is 11.9 Å². The third-order valence-corrected chi connectivity index (χ3v) is 4.27. The first-order valence-corrected chi connectivity index (χ1v) is 8.16. The third-order valence-electron chi connectivity index (χ3n) is 4.01. The van der Waals surface area contributed by atoms with Gasteiger partial charge in [0.05, 0.1) is 11.6 Å². The van der Waals surface area contributed by atoms with Gasteiger partial charge in [0.15, 0.2) is 5.65 Å². The molecule has 0 atom stereocenters. The summed E-state index contributed by atoms with van der Waals surface area (Å²) in [5.41, 5.74) is 3.82. The molecule has 2 N–H and O–H groups in total. The molecule has 0 saturated carbocycles. The summed E-state index contributed by atoms with van der Waals surface area (Å²) in [7, 11) is 0. The fourth-order valence-corrected chi connectivity index (χ4v) is 2.96. The van der Waals surface area contributed by atoms with E-state index in [1.54, 1.807) is 17.0 Å². The molecule has 0 spiro atoms. The molecule has 4 aromatic rings. The van der Waals surface area contributed by atoms with Crippen molar-refractivity contribution in [3.63, 3.8) is 0 Å². The number of hydrogen-bond acceptors (Lipinski definition) is 5. The van der Waals surface area contributed by atoms with Crippen molar-refractivity contribution in [3.05, 3.63) is 47.3 Å². The van der Waals surface area contributed by atoms with Gasteiger partial charge in [-0.3, -0.25) is 0 Å². The van der Waals surface area contributed by atoms with E-state index in [-0.39, 0.29) is 0 Å². The minimum Gasteiger partial charge on any atom is -0.369 e. The van der Waals surface area contributed by atoms with Crippen molar-refractivity contribution < 1.29 is 0 Å². The molecule has 0 unspecified atom stereocenters. The Morgan fingerprint density at radius 3 is 3.04 bits per heavy atom. The van der Waals surface area contributed by atoms with Crippen LogP contribution in [0.15, 0.2) is 31.1 Å². The van der Waals surface area contributed by atoms with Crippen LogP contribution >= 0.6 is 11.6 Å². The van der Waals surface area contributed by atoms with E-state index >= 15 is 0 Å². The number of anilines is 1. The van der Waals surface area contributed by atoms with Gasteiger partial charge in [0.1, 0.15) is 22.8 Å². The second-order valence-corrected chi connectivity index (χ2v) is 5.92. The van der Waals surface area contributed by atoms with E-state index in [1.165, 1.54) is 5.56 Å². The van der Waals surface area contributed by atoms with Crippen molar-refractivity contribution >= 4 is 34.1 Å². The van der Waals surface area contributed by atoms with Crippen LogP contribution in [0.25, 0.3) is 16.7 Å². The summed E-state index contributed by atoms with van der Waals surface area (Å²) in [4.78, 5) is 16.2. The molecule has 0 radical (unpaired) electrons. The van der Waals surface area contributed by atoms with Crippen LogP contribution in [0.2, 0.25) is 5.02 Å². The van der Waals surface area contributed by atoms with Gasteiger partial charge in [0, 0.05) is 25.1 Å². The molecule has 0 aliphatic heterocycles. The molecule has 0 fully saturated rings. The molecular formula is C16H16ClN7. The molecule has 0 aliphatic carbocycles. The van der Waals surface area contributed by atoms with E-state index in [2.05, 4.69) is 37.3 Å². The van der Waals surface area contributed by atoms with Crippen LogP contribution < -0.4 is 5.32 Å². The van der Waals surface area contributed by atoms with Crippen molar-refractivity contribution in [2.45, 2.75) is 19.8 Å². The second kappa shape index (κ2) is 6.09. The standard InChI is InChI=1S/C16H16ClN7/c1-2-11-6-19-15-13(11)14(21-9-22-15)18-4-3-10-5-20-16-12(17)7-23-24(16)8-10/h5-9H,2-4H2,1H3,(H2,18,19,21,22). The second-order valence-electron chi connectivity index (χ2n) is 5.51. The molecule has 0 amide bonds. The van der Waals surface area contributed by atoms with Gasteiger partial charge >= 0.3 is 0 Å². The highest BCUT2D eigenvalue weighted by atomic mass is 35.5. The number of aryl methyl sites for hydroxylation is 1. The lowest BCUT2D eigenvalue weighted by atomic mass is 10.2. The smallest absolute Gasteiger partial charge is 0.173 e. The molecule has 24 heavy (non-hydrogen) atoms. The van der Waals surface area contributed by atoms with Gasteiger partial charge in [0.25, 0.3) is 0 Å². The molecule has 0 saturated heterocycles. The maximum absolute atomic E-state index is 6.01. The normalized spacial score (nSPS) is 11.4. The van der Waals surface area contributed by atoms with Gasteiger partial charge in [0.2, 0.25) is 0 Å². The summed E-state index contributed by atoms with van der Waals surface area (Å²) in [6, 6.07) is 0. The Hall–Kier alpha value is -2.67. The zero-order valence-electron chi connectivity index (χ0n) is 13.1. The fourth-order valence-electron chi connectivity index (χ4n) is 2.78. The van der Waals surface area contributed by atoms with Gasteiger partial charge < -0.3 is 10.3 Å². The van der Waals surface area contributed by atoms with Gasteiger partial charge in [-0.2, -0.15) is 5.10 Å². The van der Waals surface area contributed by atoms with E-state index in [0.717, 1.165) is 41.8 Å². The van der Waals surface area contributed by atoms with E-state index in [4.69, 9.17) is 11.6 Å². The highest BCUT2D eigenvalue weighted by Gasteiger charge is 2.10. The molecule has 0 aromatic carbocycles. The Bertz CT molecular complexity index is 1000. The van der Waals surface area contributed by atoms with E-state index in [1.807, 2.05) is 18.6 Å². The van der Waals surface area contributed by atoms with Crippen molar-refractivity contribution in [3.8, 4) is 0 Å². The van der Waals surface area contributed by atoms with Crippen LogP contribution in [-0.2, 0) is 12.8 Å². The van der Waals surface area contributed by atoms with Crippen molar-refractivity contribution in [1.29, 1.82) is 0 Å². The highest BCUT2D eigenvalue weighted by Crippen LogP contribution is 2.23. The number of aromatic amines is 1. The summed E-state index contributed by atoms with van der Waals surface area (Å²) in [6.45, 7) is 2.86. The molecule has 4 rings (SSSR count). The first-order chi connectivity index (χ1) is 11.8. The van der Waals surface area contributed by atoms with Crippen LogP contribution in [0.3, 0.4) is 0 Å². The highest BCUT2D eigenvalue weighted by molar-refractivity contribution is 6.33. The summed E-state index contributed by atoms with van der Waals surface area (Å²) in [6.07, 6.45) is 10.7. The molecule has 122 valence electrons. The Labute approximate surface area is 143 Å². The number of nitrogens with zero attached hydrogens (tertiary/aromatic N) is 5. The number of halogens is 1. The first-order valence-electron chi connectivity index (χ1n) is 7.79. The molecule has 7 nitrogen and oxygen atoms in total. The molecule has 4 aromatic heterocycles. The monoisotopic (exact) mass is 341 g/mol. The summed E-state index contributed by atoms with van der Waals surface area (Å²) < 4.78 is 1.70. The molecule has 8 heteroatoms. The number of fused-ring (bicyclic) bond motifs is 2. The average molecular weight is 342 g/mol. The molecule has 4 heterocycles. The Morgan fingerprint density at radius 1 is 1.25 bits per heavy atom. The maximum atomic E-state index is 6.01. The van der Waals surface area contributed by atoms with Crippen LogP contribution in [-0.4, -0.2) is 36.1 Å². The quantitative estimate of drug-likeness (QED) is 0.583. The number of aromatic nitrogens is 6. The summed E-state index contributed by atoms with van der Waals surface area (Å²) in [5.74, 6) is 0.856. The van der Waals surface area contributed by atoms with Crippen LogP contribution in [0, 0.1) is 0 Å². The zero-order valence-corrected chi connectivity index (χ0v) is 13.9. The number of nitrogens with one attached hydrogen (secondary N) is 2. The summed E-state index contributed by atoms with van der Waals surface area (Å²) in [5, 5.41) is 9.19. The number of H-pyrrole nitrogens is 1. The molecule has 0 bridgehead atoms. The van der Waals surface area contributed by atoms with E-state index < -0.39 is 0 Å². The van der Waals surface area contributed by atoms with Gasteiger partial charge in [-0.1, -0.05) is 18.5 Å². The molecular weight excluding hydrogens is 326 g/mol. The SMILES string of the molecule is CCc1c[nH]c2ncnc(NCCc3cnc4c(Cl)cnn4c3)c12. The van der Waals surface area contributed by atoms with Gasteiger partial charge in [-0.05, 0) is 24.0 Å². The Kier molecular flexibility index (Phi) is 3.78. The third kappa shape index (κ3) is 2.56. The number of hydrogen-bond donors (Lipinski definition) is 2. The van der Waals surface area contributed by atoms with Gasteiger partial charge in [-0.25, -0.2) is 19.5 Å². The average Bonchev–Trinajstić information content (AvgIpc) is 3.19. The van der Waals surface area contributed by atoms with Crippen molar-refractivity contribution in [2.24, 2.45) is 0 Å². The van der Waals surface area contributed by atoms with E-state index in [9.17, 15) is 0 Å². The Morgan fingerprint density at radius 2 is 2.17 bits per heavy atom. The van der Waals surface area contributed by atoms with Crippen molar-refractivity contribution in [1.82, 2.24) is 29.5 Å². The minimum absolute atomic E-state index is 0.558. The van der Waals surface area contributed by atoms with Crippen LogP contribution in [0.1, 0.15) is 18.1 Å². The van der Waals surface area contributed by atoms with Crippen LogP contribution in [0.5, 0.6) is 0 Å². The largest absolute Gasteiger partial charge is 0.369 e. The zero-order chi connectivity index (χ0) is 16.5. The lowest BCUT2D eigenvalue weighted by molar-refractivity contribution is 0.896. The predicted molar refractivity (Wildman–Crippen MR) is 93.5 cm³/mol. The van der Waals surface area contributed by atoms with Crippen LogP contribution in [0.4, 0.5) is 5.82 Å². The first kappa shape index (κ1) is 14.9. The predicted octanol–water partition coefficient (Wildman–Crippen LogP) is 2.87. The number of rotatable bonds is 5. The maximum Gasteiger partial charge on any atom is 0.173 e. The fraction of sp³-hybridized carbons (Fsp3) is 0.250. The Balaban J connectivity index is 1.51. The lowest BCUT2D eigenvalue weighted by Gasteiger charge is -2.08. The molecule has 0 aliphatic rings. The van der Waals surface area contributed by atoms with E-state index in [0.29, 0.717) is 10.7 Å². The summed E-state index contributed by atoms with van der Waals surface area (Å²) >= 11 is 6.01. The lowest BCUT2D eigenvalue weighted by Crippen LogP contribution is -2.08. The minimum atomic E-state index is 0.558. The topological polar surface area (TPSA) is 83.8 Å².